The number of nitrogens with two attached hydrogens (primary N) is 1. The van der Waals surface area contributed by atoms with Crippen molar-refractivity contribution < 1.29 is 14.3 Å². The topological polar surface area (TPSA) is 72.6 Å². The number of primary amides is 1. The van der Waals surface area contributed by atoms with Gasteiger partial charge in [0.2, 0.25) is 11.8 Å². The Kier molecular flexibility index (Phi) is 5.29. The molecular formula is C18H26N2O3. The van der Waals surface area contributed by atoms with Crippen LogP contribution in [0.1, 0.15) is 35.1 Å². The Balaban J connectivity index is 2.08. The number of hydrogen-bond acceptors (Lipinski definition) is 3. The lowest BCUT2D eigenvalue weighted by atomic mass is 9.94. The normalized spacial score (nSPS) is 15.6. The summed E-state index contributed by atoms with van der Waals surface area (Å²) < 4.78 is 5.43. The summed E-state index contributed by atoms with van der Waals surface area (Å²) >= 11 is 0. The molecule has 126 valence electrons. The van der Waals surface area contributed by atoms with Gasteiger partial charge in [0, 0.05) is 19.0 Å². The maximum atomic E-state index is 12.6. The second kappa shape index (κ2) is 7.02. The molecular weight excluding hydrogens is 292 g/mol. The zero-order chi connectivity index (χ0) is 17.1. The van der Waals surface area contributed by atoms with E-state index in [0.717, 1.165) is 28.0 Å². The third-order valence-electron chi connectivity index (χ3n) is 4.93. The maximum Gasteiger partial charge on any atom is 0.227 e. The van der Waals surface area contributed by atoms with E-state index in [1.807, 2.05) is 31.7 Å². The Morgan fingerprint density at radius 1 is 1.22 bits per heavy atom. The first-order chi connectivity index (χ1) is 10.8. The molecule has 0 bridgehead atoms. The highest BCUT2D eigenvalue weighted by atomic mass is 16.5. The summed E-state index contributed by atoms with van der Waals surface area (Å²) in [6, 6.07) is 2.04. The lowest BCUT2D eigenvalue weighted by Crippen LogP contribution is -2.42. The van der Waals surface area contributed by atoms with Gasteiger partial charge >= 0.3 is 0 Å². The van der Waals surface area contributed by atoms with Crippen LogP contribution in [-0.2, 0) is 16.0 Å². The highest BCUT2D eigenvalue weighted by molar-refractivity contribution is 5.81. The number of benzene rings is 1. The fraction of sp³-hybridized carbons (Fsp3) is 0.556. The zero-order valence-corrected chi connectivity index (χ0v) is 14.4. The van der Waals surface area contributed by atoms with E-state index in [-0.39, 0.29) is 17.7 Å². The fourth-order valence-corrected chi connectivity index (χ4v) is 3.33. The molecule has 1 aromatic carbocycles. The van der Waals surface area contributed by atoms with Crippen molar-refractivity contribution in [3.05, 3.63) is 28.3 Å². The lowest BCUT2D eigenvalue weighted by molar-refractivity contribution is -0.134. The average molecular weight is 318 g/mol. The molecule has 1 heterocycles. The average Bonchev–Trinajstić information content (AvgIpc) is 2.52. The molecule has 0 atom stereocenters. The number of carbonyl (C=O) groups is 2. The molecule has 0 radical (unpaired) electrons. The molecule has 1 saturated heterocycles. The molecule has 1 fully saturated rings. The third kappa shape index (κ3) is 3.66. The number of hydrogen-bond donors (Lipinski definition) is 1. The number of likely N-dealkylation sites (tertiary alicyclic amines) is 1. The Hall–Kier alpha value is -2.04. The molecule has 0 aliphatic carbocycles. The molecule has 1 aliphatic rings. The van der Waals surface area contributed by atoms with Crippen molar-refractivity contribution in [3.63, 3.8) is 0 Å². The van der Waals surface area contributed by atoms with Crippen LogP contribution in [0.5, 0.6) is 5.75 Å². The fourth-order valence-electron chi connectivity index (χ4n) is 3.33. The van der Waals surface area contributed by atoms with Gasteiger partial charge in [-0.3, -0.25) is 9.59 Å². The van der Waals surface area contributed by atoms with Gasteiger partial charge in [0.15, 0.2) is 0 Å². The van der Waals surface area contributed by atoms with Gasteiger partial charge in [-0.25, -0.2) is 0 Å². The first kappa shape index (κ1) is 17.3. The Morgan fingerprint density at radius 2 is 1.83 bits per heavy atom. The van der Waals surface area contributed by atoms with Crippen LogP contribution in [-0.4, -0.2) is 36.9 Å². The van der Waals surface area contributed by atoms with Crippen LogP contribution in [0.15, 0.2) is 6.07 Å². The molecule has 5 heteroatoms. The number of piperidine rings is 1. The summed E-state index contributed by atoms with van der Waals surface area (Å²) in [6.45, 7) is 7.27. The van der Waals surface area contributed by atoms with Crippen LogP contribution < -0.4 is 10.5 Å². The quantitative estimate of drug-likeness (QED) is 0.921. The SMILES string of the molecule is COc1c(C)cc(CC(=O)N2CCC(C(N)=O)CC2)c(C)c1C. The molecule has 2 amide bonds. The number of amides is 2. The van der Waals surface area contributed by atoms with Crippen molar-refractivity contribution in [2.75, 3.05) is 20.2 Å². The highest BCUT2D eigenvalue weighted by Gasteiger charge is 2.26. The predicted molar refractivity (Wildman–Crippen MR) is 89.4 cm³/mol. The molecule has 1 aliphatic heterocycles. The highest BCUT2D eigenvalue weighted by Crippen LogP contribution is 2.29. The van der Waals surface area contributed by atoms with Gasteiger partial charge in [-0.2, -0.15) is 0 Å². The van der Waals surface area contributed by atoms with E-state index in [0.29, 0.717) is 32.4 Å². The molecule has 5 nitrogen and oxygen atoms in total. The van der Waals surface area contributed by atoms with Crippen LogP contribution >= 0.6 is 0 Å². The number of methoxy groups -OCH3 is 1. The van der Waals surface area contributed by atoms with Gasteiger partial charge in [0.1, 0.15) is 5.75 Å². The van der Waals surface area contributed by atoms with E-state index in [1.165, 1.54) is 0 Å². The van der Waals surface area contributed by atoms with Crippen LogP contribution in [0.3, 0.4) is 0 Å². The predicted octanol–water partition coefficient (Wildman–Crippen LogP) is 1.89. The van der Waals surface area contributed by atoms with Gasteiger partial charge in [-0.1, -0.05) is 6.07 Å². The van der Waals surface area contributed by atoms with Crippen LogP contribution in [0.2, 0.25) is 0 Å². The van der Waals surface area contributed by atoms with Crippen molar-refractivity contribution >= 4 is 11.8 Å². The molecule has 0 saturated carbocycles. The minimum absolute atomic E-state index is 0.0914. The van der Waals surface area contributed by atoms with Gasteiger partial charge in [0.25, 0.3) is 0 Å². The van der Waals surface area contributed by atoms with E-state index in [4.69, 9.17) is 10.5 Å². The number of carbonyl (C=O) groups excluding carboxylic acids is 2. The first-order valence-corrected chi connectivity index (χ1v) is 8.05. The van der Waals surface area contributed by atoms with Crippen LogP contribution in [0.4, 0.5) is 0 Å². The molecule has 2 N–H and O–H groups in total. The Morgan fingerprint density at radius 3 is 2.35 bits per heavy atom. The summed E-state index contributed by atoms with van der Waals surface area (Å²) in [7, 11) is 1.67. The number of nitrogens with zero attached hydrogens (tertiary/aromatic N) is 1. The van der Waals surface area contributed by atoms with Gasteiger partial charge in [0.05, 0.1) is 13.5 Å². The lowest BCUT2D eigenvalue weighted by Gasteiger charge is -2.31. The van der Waals surface area contributed by atoms with E-state index in [9.17, 15) is 9.59 Å². The summed E-state index contributed by atoms with van der Waals surface area (Å²) in [5.41, 5.74) is 9.62. The van der Waals surface area contributed by atoms with Crippen LogP contribution in [0.25, 0.3) is 0 Å². The van der Waals surface area contributed by atoms with E-state index in [1.54, 1.807) is 7.11 Å². The minimum Gasteiger partial charge on any atom is -0.496 e. The van der Waals surface area contributed by atoms with Crippen LogP contribution in [0, 0.1) is 26.7 Å². The molecule has 0 spiro atoms. The summed E-state index contributed by atoms with van der Waals surface area (Å²) in [5, 5.41) is 0. The summed E-state index contributed by atoms with van der Waals surface area (Å²) in [5.74, 6) is 0.654. The molecule has 0 aromatic heterocycles. The van der Waals surface area contributed by atoms with Gasteiger partial charge < -0.3 is 15.4 Å². The minimum atomic E-state index is -0.255. The molecule has 1 aromatic rings. The molecule has 2 rings (SSSR count). The van der Waals surface area contributed by atoms with Crippen molar-refractivity contribution in [1.29, 1.82) is 0 Å². The summed E-state index contributed by atoms with van der Waals surface area (Å²) in [6.07, 6.45) is 1.72. The maximum absolute atomic E-state index is 12.6. The van der Waals surface area contributed by atoms with Crippen molar-refractivity contribution in [3.8, 4) is 5.75 Å². The number of aryl methyl sites for hydroxylation is 1. The second-order valence-corrected chi connectivity index (χ2v) is 6.37. The van der Waals surface area contributed by atoms with E-state index in [2.05, 4.69) is 0 Å². The van der Waals surface area contributed by atoms with Gasteiger partial charge in [-0.15, -0.1) is 0 Å². The monoisotopic (exact) mass is 318 g/mol. The second-order valence-electron chi connectivity index (χ2n) is 6.37. The van der Waals surface area contributed by atoms with Crippen molar-refractivity contribution in [2.45, 2.75) is 40.0 Å². The first-order valence-electron chi connectivity index (χ1n) is 8.05. The van der Waals surface area contributed by atoms with Crippen molar-refractivity contribution in [2.24, 2.45) is 11.7 Å². The Labute approximate surface area is 137 Å². The largest absolute Gasteiger partial charge is 0.496 e. The zero-order valence-electron chi connectivity index (χ0n) is 14.4. The van der Waals surface area contributed by atoms with Crippen molar-refractivity contribution in [1.82, 2.24) is 4.90 Å². The van der Waals surface area contributed by atoms with E-state index < -0.39 is 0 Å². The summed E-state index contributed by atoms with van der Waals surface area (Å²) in [4.78, 5) is 25.6. The molecule has 0 unspecified atom stereocenters. The van der Waals surface area contributed by atoms with Gasteiger partial charge in [-0.05, 0) is 55.9 Å². The Bertz CT molecular complexity index is 617. The standard InChI is InChI=1S/C18H26N2O3/c1-11-9-15(12(2)13(3)17(11)23-4)10-16(21)20-7-5-14(6-8-20)18(19)22/h9,14H,5-8,10H2,1-4H3,(H2,19,22). The molecule has 23 heavy (non-hydrogen) atoms. The third-order valence-corrected chi connectivity index (χ3v) is 4.93. The van der Waals surface area contributed by atoms with E-state index >= 15 is 0 Å². The number of ether oxygens (including phenoxy) is 1. The smallest absolute Gasteiger partial charge is 0.227 e. The number of rotatable bonds is 4.